The maximum absolute atomic E-state index is 12.5. The van der Waals surface area contributed by atoms with Crippen molar-refractivity contribution in [3.05, 3.63) is 29.8 Å². The number of carbonyl (C=O) groups is 1. The first-order valence-electron chi connectivity index (χ1n) is 8.04. The number of carbonyl (C=O) groups excluding carboxylic acids is 1. The van der Waals surface area contributed by atoms with Gasteiger partial charge < -0.3 is 10.6 Å². The molecule has 1 aromatic carbocycles. The van der Waals surface area contributed by atoms with Crippen molar-refractivity contribution >= 4 is 11.6 Å². The summed E-state index contributed by atoms with van der Waals surface area (Å²) < 4.78 is 0. The number of hydrogen-bond acceptors (Lipinski definition) is 3. The Morgan fingerprint density at radius 1 is 1.38 bits per heavy atom. The van der Waals surface area contributed by atoms with Crippen LogP contribution in [0.2, 0.25) is 0 Å². The van der Waals surface area contributed by atoms with Crippen LogP contribution in [0.4, 0.5) is 5.69 Å². The van der Waals surface area contributed by atoms with Gasteiger partial charge in [-0.15, -0.1) is 0 Å². The van der Waals surface area contributed by atoms with E-state index in [0.717, 1.165) is 42.6 Å². The van der Waals surface area contributed by atoms with Crippen LogP contribution in [0.15, 0.2) is 24.3 Å². The van der Waals surface area contributed by atoms with Crippen LogP contribution in [0.5, 0.6) is 0 Å². The highest BCUT2D eigenvalue weighted by molar-refractivity contribution is 5.99. The van der Waals surface area contributed by atoms with Gasteiger partial charge in [-0.3, -0.25) is 9.69 Å². The summed E-state index contributed by atoms with van der Waals surface area (Å²) in [6.07, 6.45) is 3.86. The monoisotopic (exact) mass is 287 g/mol. The highest BCUT2D eigenvalue weighted by atomic mass is 16.1. The zero-order chi connectivity index (χ0) is 14.8. The number of piperidine rings is 3. The van der Waals surface area contributed by atoms with Gasteiger partial charge in [0.2, 0.25) is 0 Å². The molecule has 1 aromatic rings. The average molecular weight is 287 g/mol. The molecule has 3 aliphatic rings. The SMILES string of the molecule is CC[C@H]1CN2CC[C@H]1C[C@@H]2NC(=O)c1ccccc1NC. The quantitative estimate of drug-likeness (QED) is 0.894. The number of rotatable bonds is 4. The molecule has 4 atom stereocenters. The Bertz CT molecular complexity index is 517. The molecule has 3 saturated heterocycles. The van der Waals surface area contributed by atoms with E-state index in [4.69, 9.17) is 0 Å². The van der Waals surface area contributed by atoms with E-state index in [1.165, 1.54) is 12.8 Å². The number of anilines is 1. The third-order valence-corrected chi connectivity index (χ3v) is 5.15. The molecule has 0 aromatic heterocycles. The molecule has 4 rings (SSSR count). The average Bonchev–Trinajstić information content (AvgIpc) is 2.55. The fourth-order valence-corrected chi connectivity index (χ4v) is 3.88. The van der Waals surface area contributed by atoms with E-state index in [9.17, 15) is 4.79 Å². The number of benzene rings is 1. The van der Waals surface area contributed by atoms with E-state index in [0.29, 0.717) is 0 Å². The van der Waals surface area contributed by atoms with Gasteiger partial charge in [0.1, 0.15) is 0 Å². The van der Waals surface area contributed by atoms with Gasteiger partial charge >= 0.3 is 0 Å². The maximum Gasteiger partial charge on any atom is 0.254 e. The largest absolute Gasteiger partial charge is 0.387 e. The molecular weight excluding hydrogens is 262 g/mol. The number of hydrogen-bond donors (Lipinski definition) is 2. The molecule has 21 heavy (non-hydrogen) atoms. The summed E-state index contributed by atoms with van der Waals surface area (Å²) in [4.78, 5) is 15.0. The Morgan fingerprint density at radius 3 is 2.86 bits per heavy atom. The van der Waals surface area contributed by atoms with Gasteiger partial charge in [-0.25, -0.2) is 0 Å². The van der Waals surface area contributed by atoms with Crippen molar-refractivity contribution in [1.29, 1.82) is 0 Å². The summed E-state index contributed by atoms with van der Waals surface area (Å²) in [5.41, 5.74) is 1.62. The predicted molar refractivity (Wildman–Crippen MR) is 85.3 cm³/mol. The summed E-state index contributed by atoms with van der Waals surface area (Å²) in [5.74, 6) is 1.63. The molecule has 1 amide bonds. The number of fused-ring (bicyclic) bond motifs is 3. The van der Waals surface area contributed by atoms with Crippen molar-refractivity contribution in [2.75, 3.05) is 25.5 Å². The second-order valence-electron chi connectivity index (χ2n) is 6.23. The maximum atomic E-state index is 12.5. The van der Waals surface area contributed by atoms with Gasteiger partial charge in [0.05, 0.1) is 11.7 Å². The molecule has 4 nitrogen and oxygen atoms in total. The van der Waals surface area contributed by atoms with E-state index < -0.39 is 0 Å². The Morgan fingerprint density at radius 2 is 2.19 bits per heavy atom. The first kappa shape index (κ1) is 14.4. The van der Waals surface area contributed by atoms with Crippen molar-refractivity contribution < 1.29 is 4.79 Å². The van der Waals surface area contributed by atoms with Crippen LogP contribution >= 0.6 is 0 Å². The van der Waals surface area contributed by atoms with Crippen molar-refractivity contribution in [1.82, 2.24) is 10.2 Å². The first-order valence-corrected chi connectivity index (χ1v) is 8.04. The molecule has 0 spiro atoms. The van der Waals surface area contributed by atoms with Gasteiger partial charge in [0, 0.05) is 25.8 Å². The Balaban J connectivity index is 1.69. The van der Waals surface area contributed by atoms with Crippen molar-refractivity contribution in [3.8, 4) is 0 Å². The minimum Gasteiger partial charge on any atom is -0.387 e. The highest BCUT2D eigenvalue weighted by Gasteiger charge is 2.39. The zero-order valence-electron chi connectivity index (χ0n) is 12.9. The van der Waals surface area contributed by atoms with Gasteiger partial charge in [0.25, 0.3) is 5.91 Å². The molecule has 0 radical (unpaired) electrons. The van der Waals surface area contributed by atoms with E-state index >= 15 is 0 Å². The lowest BCUT2D eigenvalue weighted by molar-refractivity contribution is -0.0121. The molecule has 4 heteroatoms. The fraction of sp³-hybridized carbons (Fsp3) is 0.588. The molecule has 0 aliphatic carbocycles. The van der Waals surface area contributed by atoms with Gasteiger partial charge in [-0.2, -0.15) is 0 Å². The minimum absolute atomic E-state index is 0.0329. The van der Waals surface area contributed by atoms with Crippen LogP contribution in [-0.2, 0) is 0 Å². The third kappa shape index (κ3) is 2.77. The van der Waals surface area contributed by atoms with Crippen LogP contribution in [0, 0.1) is 11.8 Å². The van der Waals surface area contributed by atoms with Crippen LogP contribution < -0.4 is 10.6 Å². The molecule has 3 fully saturated rings. The molecule has 2 N–H and O–H groups in total. The highest BCUT2D eigenvalue weighted by Crippen LogP contribution is 2.36. The molecule has 3 heterocycles. The normalized spacial score (nSPS) is 31.0. The number of para-hydroxylation sites is 1. The summed E-state index contributed by atoms with van der Waals surface area (Å²) in [6, 6.07) is 7.68. The molecule has 114 valence electrons. The minimum atomic E-state index is 0.0329. The number of amides is 1. The zero-order valence-corrected chi connectivity index (χ0v) is 12.9. The fourth-order valence-electron chi connectivity index (χ4n) is 3.88. The third-order valence-electron chi connectivity index (χ3n) is 5.15. The number of nitrogens with one attached hydrogen (secondary N) is 2. The van der Waals surface area contributed by atoms with Crippen LogP contribution in [0.3, 0.4) is 0 Å². The Hall–Kier alpha value is -1.55. The van der Waals surface area contributed by atoms with Crippen LogP contribution in [0.1, 0.15) is 36.5 Å². The molecule has 1 unspecified atom stereocenters. The van der Waals surface area contributed by atoms with Gasteiger partial charge in [-0.05, 0) is 36.8 Å². The van der Waals surface area contributed by atoms with E-state index in [1.807, 2.05) is 31.3 Å². The Kier molecular flexibility index (Phi) is 4.15. The summed E-state index contributed by atoms with van der Waals surface area (Å²) in [5, 5.41) is 6.32. The predicted octanol–water partition coefficient (Wildman–Crippen LogP) is 2.54. The number of nitrogens with zero attached hydrogens (tertiary/aromatic N) is 1. The van der Waals surface area contributed by atoms with Crippen molar-refractivity contribution in [2.24, 2.45) is 11.8 Å². The Labute approximate surface area is 126 Å². The van der Waals surface area contributed by atoms with E-state index in [-0.39, 0.29) is 12.1 Å². The lowest BCUT2D eigenvalue weighted by atomic mass is 9.76. The van der Waals surface area contributed by atoms with Gasteiger partial charge in [-0.1, -0.05) is 25.5 Å². The second kappa shape index (κ2) is 6.06. The smallest absolute Gasteiger partial charge is 0.254 e. The standard InChI is InChI=1S/C17H25N3O/c1-3-12-11-20-9-8-13(12)10-16(20)19-17(21)14-6-4-5-7-15(14)18-2/h4-7,12-13,16,18H,3,8-11H2,1-2H3,(H,19,21)/t12-,13-,16+/m0/s1. The van der Waals surface area contributed by atoms with Crippen molar-refractivity contribution in [3.63, 3.8) is 0 Å². The van der Waals surface area contributed by atoms with E-state index in [2.05, 4.69) is 22.5 Å². The summed E-state index contributed by atoms with van der Waals surface area (Å²) >= 11 is 0. The lowest BCUT2D eigenvalue weighted by Crippen LogP contribution is -2.59. The van der Waals surface area contributed by atoms with E-state index in [1.54, 1.807) is 0 Å². The summed E-state index contributed by atoms with van der Waals surface area (Å²) in [7, 11) is 1.85. The topological polar surface area (TPSA) is 44.4 Å². The first-order chi connectivity index (χ1) is 10.2. The van der Waals surface area contributed by atoms with Crippen molar-refractivity contribution in [2.45, 2.75) is 32.4 Å². The molecule has 2 bridgehead atoms. The lowest BCUT2D eigenvalue weighted by Gasteiger charge is -2.49. The second-order valence-corrected chi connectivity index (χ2v) is 6.23. The summed E-state index contributed by atoms with van der Waals surface area (Å²) in [6.45, 7) is 4.54. The molecular formula is C17H25N3O. The molecule has 0 saturated carbocycles. The van der Waals surface area contributed by atoms with Crippen LogP contribution in [0.25, 0.3) is 0 Å². The molecule has 3 aliphatic heterocycles. The van der Waals surface area contributed by atoms with Gasteiger partial charge in [0.15, 0.2) is 0 Å². The van der Waals surface area contributed by atoms with Crippen LogP contribution in [-0.4, -0.2) is 37.1 Å².